The Hall–Kier alpha value is -1.11. The van der Waals surface area contributed by atoms with Crippen molar-refractivity contribution < 1.29 is 4.79 Å². The maximum atomic E-state index is 12.8. The van der Waals surface area contributed by atoms with E-state index >= 15 is 0 Å². The van der Waals surface area contributed by atoms with Gasteiger partial charge in [-0.25, -0.2) is 0 Å². The minimum Gasteiger partial charge on any atom is -0.299 e. The third-order valence-electron chi connectivity index (χ3n) is 4.75. The van der Waals surface area contributed by atoms with Crippen LogP contribution < -0.4 is 0 Å². The third-order valence-corrected chi connectivity index (χ3v) is 4.75. The van der Waals surface area contributed by atoms with Gasteiger partial charge in [0.25, 0.3) is 0 Å². The summed E-state index contributed by atoms with van der Waals surface area (Å²) in [6, 6.07) is 8.59. The Morgan fingerprint density at radius 1 is 1.10 bits per heavy atom. The fourth-order valence-electron chi connectivity index (χ4n) is 3.70. The minimum absolute atomic E-state index is 0.0163. The maximum Gasteiger partial charge on any atom is 0.143 e. The Kier molecular flexibility index (Phi) is 5.01. The molecule has 1 aromatic carbocycles. The Bertz CT molecular complexity index is 435. The van der Waals surface area contributed by atoms with Crippen molar-refractivity contribution >= 4 is 5.78 Å². The fourth-order valence-corrected chi connectivity index (χ4v) is 3.70. The molecule has 0 bridgehead atoms. The molecule has 1 aliphatic rings. The molecule has 0 aromatic heterocycles. The first-order chi connectivity index (χ1) is 9.55. The fraction of sp³-hybridized carbons (Fsp3) is 0.632. The average Bonchev–Trinajstić information content (AvgIpc) is 2.88. The van der Waals surface area contributed by atoms with Gasteiger partial charge in [-0.05, 0) is 42.7 Å². The van der Waals surface area contributed by atoms with Gasteiger partial charge in [0.15, 0.2) is 0 Å². The second-order valence-electron chi connectivity index (χ2n) is 6.86. The number of carbonyl (C=O) groups excluding carboxylic acids is 1. The zero-order valence-electron chi connectivity index (χ0n) is 13.2. The van der Waals surface area contributed by atoms with Crippen LogP contribution in [-0.2, 0) is 17.6 Å². The summed E-state index contributed by atoms with van der Waals surface area (Å²) >= 11 is 0. The van der Waals surface area contributed by atoms with Crippen LogP contribution in [0.2, 0.25) is 0 Å². The molecule has 0 aliphatic heterocycles. The van der Waals surface area contributed by atoms with E-state index in [-0.39, 0.29) is 5.41 Å². The number of ketones is 1. The topological polar surface area (TPSA) is 17.1 Å². The Balaban J connectivity index is 2.08. The van der Waals surface area contributed by atoms with Crippen LogP contribution in [0.15, 0.2) is 24.3 Å². The zero-order valence-corrected chi connectivity index (χ0v) is 13.2. The molecule has 2 rings (SSSR count). The Labute approximate surface area is 123 Å². The molecule has 0 N–H and O–H groups in total. The van der Waals surface area contributed by atoms with E-state index in [1.165, 1.54) is 24.0 Å². The summed E-state index contributed by atoms with van der Waals surface area (Å²) in [7, 11) is 0. The molecule has 0 unspecified atom stereocenters. The van der Waals surface area contributed by atoms with Gasteiger partial charge >= 0.3 is 0 Å². The van der Waals surface area contributed by atoms with Crippen LogP contribution in [0.25, 0.3) is 0 Å². The van der Waals surface area contributed by atoms with Gasteiger partial charge in [0.2, 0.25) is 0 Å². The van der Waals surface area contributed by atoms with Crippen LogP contribution in [0, 0.1) is 11.3 Å². The molecule has 0 spiro atoms. The highest BCUT2D eigenvalue weighted by Crippen LogP contribution is 2.44. The third kappa shape index (κ3) is 3.50. The lowest BCUT2D eigenvalue weighted by molar-refractivity contribution is -0.128. The second-order valence-corrected chi connectivity index (χ2v) is 6.86. The minimum atomic E-state index is -0.0163. The smallest absolute Gasteiger partial charge is 0.143 e. The standard InChI is InChI=1S/C19H28O/c1-4-16-7-9-17(10-8-16)13-18(20)19(14-15(2)3)11-5-6-12-19/h7-10,15H,4-6,11-14H2,1-3H3. The molecule has 1 saturated carbocycles. The molecule has 20 heavy (non-hydrogen) atoms. The van der Waals surface area contributed by atoms with Crippen molar-refractivity contribution in [2.24, 2.45) is 11.3 Å². The van der Waals surface area contributed by atoms with Crippen LogP contribution in [0.4, 0.5) is 0 Å². The molecule has 110 valence electrons. The van der Waals surface area contributed by atoms with Crippen LogP contribution in [0.5, 0.6) is 0 Å². The first kappa shape index (κ1) is 15.3. The predicted octanol–water partition coefficient (Wildman–Crippen LogP) is 4.97. The zero-order chi connectivity index (χ0) is 14.6. The number of Topliss-reactive ketones (excluding diaryl/α,β-unsaturated/α-hetero) is 1. The summed E-state index contributed by atoms with van der Waals surface area (Å²) in [5.41, 5.74) is 2.51. The SMILES string of the molecule is CCc1ccc(CC(=O)C2(CC(C)C)CCCC2)cc1. The van der Waals surface area contributed by atoms with Crippen molar-refractivity contribution in [2.75, 3.05) is 0 Å². The monoisotopic (exact) mass is 272 g/mol. The van der Waals surface area contributed by atoms with Gasteiger partial charge in [-0.1, -0.05) is 57.9 Å². The summed E-state index contributed by atoms with van der Waals surface area (Å²) in [5, 5.41) is 0. The van der Waals surface area contributed by atoms with E-state index in [4.69, 9.17) is 0 Å². The first-order valence-corrected chi connectivity index (χ1v) is 8.17. The van der Waals surface area contributed by atoms with Crippen LogP contribution >= 0.6 is 0 Å². The summed E-state index contributed by atoms with van der Waals surface area (Å²) < 4.78 is 0. The van der Waals surface area contributed by atoms with E-state index in [1.54, 1.807) is 0 Å². The van der Waals surface area contributed by atoms with Gasteiger partial charge in [0.05, 0.1) is 0 Å². The van der Waals surface area contributed by atoms with Gasteiger partial charge in [-0.3, -0.25) is 4.79 Å². The van der Waals surface area contributed by atoms with Gasteiger partial charge in [0, 0.05) is 11.8 Å². The van der Waals surface area contributed by atoms with Crippen molar-refractivity contribution in [1.82, 2.24) is 0 Å². The van der Waals surface area contributed by atoms with Crippen LogP contribution in [-0.4, -0.2) is 5.78 Å². The summed E-state index contributed by atoms with van der Waals surface area (Å²) in [5.74, 6) is 1.09. The van der Waals surface area contributed by atoms with E-state index in [1.807, 2.05) is 0 Å². The largest absolute Gasteiger partial charge is 0.299 e. The van der Waals surface area contributed by atoms with E-state index in [0.717, 1.165) is 25.7 Å². The van der Waals surface area contributed by atoms with E-state index < -0.39 is 0 Å². The van der Waals surface area contributed by atoms with Crippen molar-refractivity contribution in [2.45, 2.75) is 65.7 Å². The molecule has 1 fully saturated rings. The highest BCUT2D eigenvalue weighted by molar-refractivity contribution is 5.87. The Morgan fingerprint density at radius 3 is 2.15 bits per heavy atom. The molecule has 0 radical (unpaired) electrons. The van der Waals surface area contributed by atoms with Gasteiger partial charge in [0.1, 0.15) is 5.78 Å². The normalized spacial score (nSPS) is 17.6. The second kappa shape index (κ2) is 6.56. The van der Waals surface area contributed by atoms with E-state index in [9.17, 15) is 4.79 Å². The van der Waals surface area contributed by atoms with Gasteiger partial charge in [-0.15, -0.1) is 0 Å². The maximum absolute atomic E-state index is 12.8. The molecular weight excluding hydrogens is 244 g/mol. The van der Waals surface area contributed by atoms with Gasteiger partial charge < -0.3 is 0 Å². The van der Waals surface area contributed by atoms with Crippen molar-refractivity contribution in [1.29, 1.82) is 0 Å². The van der Waals surface area contributed by atoms with E-state index in [0.29, 0.717) is 18.1 Å². The molecule has 1 heteroatoms. The summed E-state index contributed by atoms with van der Waals surface area (Å²) in [6.45, 7) is 6.64. The number of hydrogen-bond donors (Lipinski definition) is 0. The number of hydrogen-bond acceptors (Lipinski definition) is 1. The molecular formula is C19H28O. The van der Waals surface area contributed by atoms with Gasteiger partial charge in [-0.2, -0.15) is 0 Å². The van der Waals surface area contributed by atoms with E-state index in [2.05, 4.69) is 45.0 Å². The molecule has 1 aliphatic carbocycles. The molecule has 0 heterocycles. The molecule has 1 nitrogen and oxygen atoms in total. The number of rotatable bonds is 6. The highest BCUT2D eigenvalue weighted by atomic mass is 16.1. The summed E-state index contributed by atoms with van der Waals surface area (Å²) in [6.07, 6.45) is 7.43. The average molecular weight is 272 g/mol. The molecule has 0 amide bonds. The van der Waals surface area contributed by atoms with Crippen LogP contribution in [0.1, 0.15) is 64.0 Å². The number of carbonyl (C=O) groups is 1. The quantitative estimate of drug-likeness (QED) is 0.714. The summed E-state index contributed by atoms with van der Waals surface area (Å²) in [4.78, 5) is 12.8. The lowest BCUT2D eigenvalue weighted by Crippen LogP contribution is -2.31. The first-order valence-electron chi connectivity index (χ1n) is 8.17. The van der Waals surface area contributed by atoms with Crippen molar-refractivity contribution in [3.05, 3.63) is 35.4 Å². The Morgan fingerprint density at radius 2 is 1.65 bits per heavy atom. The van der Waals surface area contributed by atoms with Crippen LogP contribution in [0.3, 0.4) is 0 Å². The molecule has 0 atom stereocenters. The highest BCUT2D eigenvalue weighted by Gasteiger charge is 2.40. The lowest BCUT2D eigenvalue weighted by Gasteiger charge is -2.29. The molecule has 1 aromatic rings. The lowest BCUT2D eigenvalue weighted by atomic mass is 9.73. The molecule has 0 saturated heterocycles. The predicted molar refractivity (Wildman–Crippen MR) is 84.9 cm³/mol. The van der Waals surface area contributed by atoms with Crippen molar-refractivity contribution in [3.63, 3.8) is 0 Å². The number of aryl methyl sites for hydroxylation is 1. The number of benzene rings is 1. The van der Waals surface area contributed by atoms with Crippen molar-refractivity contribution in [3.8, 4) is 0 Å².